The molecule has 2 unspecified atom stereocenters. The number of carbonyl (C=O) groups excluding carboxylic acids is 2. The highest BCUT2D eigenvalue weighted by Gasteiger charge is 2.33. The van der Waals surface area contributed by atoms with E-state index >= 15 is 0 Å². The third-order valence-electron chi connectivity index (χ3n) is 5.38. The van der Waals surface area contributed by atoms with Gasteiger partial charge in [-0.25, -0.2) is 4.98 Å². The summed E-state index contributed by atoms with van der Waals surface area (Å²) in [5, 5.41) is 17.5. The number of aliphatic carboxylic acids is 1. The smallest absolute Gasteiger partial charge is 0.307 e. The molecule has 1 aliphatic carbocycles. The summed E-state index contributed by atoms with van der Waals surface area (Å²) in [7, 11) is 0. The van der Waals surface area contributed by atoms with Crippen LogP contribution in [0.15, 0.2) is 77.0 Å². The zero-order valence-electron chi connectivity index (χ0n) is 18.1. The molecule has 0 bridgehead atoms. The zero-order valence-corrected chi connectivity index (χ0v) is 19.8. The maximum Gasteiger partial charge on any atom is 0.307 e. The highest BCUT2D eigenvalue weighted by Crippen LogP contribution is 2.29. The lowest BCUT2D eigenvalue weighted by atomic mass is 9.82. The van der Waals surface area contributed by atoms with Crippen molar-refractivity contribution in [1.82, 2.24) is 4.98 Å². The van der Waals surface area contributed by atoms with Crippen LogP contribution in [0.1, 0.15) is 12.8 Å². The van der Waals surface area contributed by atoms with Gasteiger partial charge in [0.1, 0.15) is 0 Å². The van der Waals surface area contributed by atoms with Crippen molar-refractivity contribution in [3.05, 3.63) is 72.1 Å². The summed E-state index contributed by atoms with van der Waals surface area (Å²) in [6.45, 7) is 0. The number of nitrogens with one attached hydrogen (secondary N) is 2. The monoisotopic (exact) mass is 493 g/mol. The number of carbonyl (C=O) groups is 3. The summed E-state index contributed by atoms with van der Waals surface area (Å²) in [6.07, 6.45) is 4.41. The van der Waals surface area contributed by atoms with Crippen molar-refractivity contribution in [3.63, 3.8) is 0 Å². The molecule has 1 aliphatic rings. The van der Waals surface area contributed by atoms with Crippen LogP contribution >= 0.6 is 23.1 Å². The number of thiazole rings is 1. The number of carboxylic acids is 1. The van der Waals surface area contributed by atoms with Crippen LogP contribution in [0.25, 0.3) is 11.3 Å². The Morgan fingerprint density at radius 2 is 1.76 bits per heavy atom. The quantitative estimate of drug-likeness (QED) is 0.296. The number of hydrogen-bond acceptors (Lipinski definition) is 6. The van der Waals surface area contributed by atoms with E-state index in [0.29, 0.717) is 23.7 Å². The molecule has 3 aromatic rings. The van der Waals surface area contributed by atoms with Crippen LogP contribution in [0.2, 0.25) is 0 Å². The lowest BCUT2D eigenvalue weighted by Crippen LogP contribution is -2.34. The van der Waals surface area contributed by atoms with Gasteiger partial charge in [0.2, 0.25) is 11.8 Å². The van der Waals surface area contributed by atoms with Gasteiger partial charge in [0.25, 0.3) is 0 Å². The van der Waals surface area contributed by atoms with Crippen molar-refractivity contribution >= 4 is 51.7 Å². The molecule has 34 heavy (non-hydrogen) atoms. The minimum atomic E-state index is -0.962. The van der Waals surface area contributed by atoms with Gasteiger partial charge in [-0.2, -0.15) is 0 Å². The summed E-state index contributed by atoms with van der Waals surface area (Å²) in [5.74, 6) is -2.59. The van der Waals surface area contributed by atoms with Crippen LogP contribution in [-0.4, -0.2) is 33.6 Å². The number of hydrogen-bond donors (Lipinski definition) is 3. The minimum Gasteiger partial charge on any atom is -0.481 e. The van der Waals surface area contributed by atoms with Gasteiger partial charge >= 0.3 is 5.97 Å². The molecule has 0 aliphatic heterocycles. The average molecular weight is 494 g/mol. The fraction of sp³-hybridized carbons (Fsp3) is 0.200. The zero-order chi connectivity index (χ0) is 23.9. The van der Waals surface area contributed by atoms with E-state index in [2.05, 4.69) is 15.6 Å². The molecular weight excluding hydrogens is 470 g/mol. The predicted octanol–water partition coefficient (Wildman–Crippen LogP) is 5.15. The topological polar surface area (TPSA) is 108 Å². The normalized spacial score (nSPS) is 17.2. The van der Waals surface area contributed by atoms with Crippen molar-refractivity contribution < 1.29 is 19.5 Å². The molecule has 2 aromatic carbocycles. The molecule has 0 saturated carbocycles. The molecule has 3 N–H and O–H groups in total. The van der Waals surface area contributed by atoms with Crippen LogP contribution < -0.4 is 10.6 Å². The second-order valence-electron chi connectivity index (χ2n) is 7.75. The summed E-state index contributed by atoms with van der Waals surface area (Å²) < 4.78 is 0. The van der Waals surface area contributed by atoms with E-state index in [4.69, 9.17) is 0 Å². The van der Waals surface area contributed by atoms with Crippen molar-refractivity contribution in [2.45, 2.75) is 17.7 Å². The molecular formula is C25H23N3O4S2. The molecule has 0 fully saturated rings. The molecule has 2 amide bonds. The van der Waals surface area contributed by atoms with Crippen molar-refractivity contribution in [2.75, 3.05) is 16.4 Å². The Morgan fingerprint density at radius 1 is 1.00 bits per heavy atom. The number of rotatable bonds is 8. The molecule has 4 rings (SSSR count). The Bertz CT molecular complexity index is 1210. The van der Waals surface area contributed by atoms with E-state index in [-0.39, 0.29) is 17.6 Å². The minimum absolute atomic E-state index is 0.174. The summed E-state index contributed by atoms with van der Waals surface area (Å²) >= 11 is 2.71. The number of anilines is 2. The van der Waals surface area contributed by atoms with Crippen molar-refractivity contribution in [1.29, 1.82) is 0 Å². The number of carboxylic acid groups (broad SMARTS) is 1. The molecule has 9 heteroatoms. The van der Waals surface area contributed by atoms with E-state index in [1.807, 2.05) is 47.9 Å². The fourth-order valence-corrected chi connectivity index (χ4v) is 5.14. The largest absolute Gasteiger partial charge is 0.481 e. The average Bonchev–Trinajstić information content (AvgIpc) is 3.32. The van der Waals surface area contributed by atoms with E-state index < -0.39 is 17.8 Å². The van der Waals surface area contributed by atoms with Gasteiger partial charge in [-0.05, 0) is 31.0 Å². The first-order chi connectivity index (χ1) is 16.5. The second kappa shape index (κ2) is 11.1. The Morgan fingerprint density at radius 3 is 2.53 bits per heavy atom. The maximum atomic E-state index is 12.7. The van der Waals surface area contributed by atoms with E-state index in [1.165, 1.54) is 23.1 Å². The molecule has 174 valence electrons. The summed E-state index contributed by atoms with van der Waals surface area (Å²) in [4.78, 5) is 41.8. The van der Waals surface area contributed by atoms with Crippen LogP contribution in [0.5, 0.6) is 0 Å². The predicted molar refractivity (Wildman–Crippen MR) is 135 cm³/mol. The van der Waals surface area contributed by atoms with Gasteiger partial charge in [0.05, 0.1) is 23.3 Å². The molecule has 1 aromatic heterocycles. The molecule has 1 heterocycles. The molecule has 0 spiro atoms. The van der Waals surface area contributed by atoms with Crippen LogP contribution in [0, 0.1) is 11.8 Å². The van der Waals surface area contributed by atoms with E-state index in [0.717, 1.165) is 16.2 Å². The van der Waals surface area contributed by atoms with Gasteiger partial charge < -0.3 is 15.7 Å². The van der Waals surface area contributed by atoms with Gasteiger partial charge in [-0.3, -0.25) is 14.4 Å². The lowest BCUT2D eigenvalue weighted by Gasteiger charge is -2.24. The highest BCUT2D eigenvalue weighted by molar-refractivity contribution is 8.00. The standard InChI is InChI=1S/C25H23N3O4S2/c29-22(28-25-27-21(14-34-25)16-7-2-1-3-8-16)15-33-18-10-6-9-17(13-18)26-23(30)19-11-4-5-12-20(19)24(31)32/h1-10,13-14,19-20H,11-12,15H2,(H,26,30)(H,31,32)(H,27,28,29). The van der Waals surface area contributed by atoms with Gasteiger partial charge in [0, 0.05) is 21.5 Å². The number of nitrogens with zero attached hydrogens (tertiary/aromatic N) is 1. The van der Waals surface area contributed by atoms with E-state index in [1.54, 1.807) is 24.3 Å². The van der Waals surface area contributed by atoms with Crippen molar-refractivity contribution in [3.8, 4) is 11.3 Å². The Balaban J connectivity index is 1.31. The Kier molecular flexibility index (Phi) is 7.76. The van der Waals surface area contributed by atoms with Crippen molar-refractivity contribution in [2.24, 2.45) is 11.8 Å². The summed E-state index contributed by atoms with van der Waals surface area (Å²) in [5.41, 5.74) is 2.38. The Hall–Kier alpha value is -3.43. The SMILES string of the molecule is O=C(CSc1cccc(NC(=O)C2CC=CCC2C(=O)O)c1)Nc1nc(-c2ccccc2)cs1. The maximum absolute atomic E-state index is 12.7. The third-order valence-corrected chi connectivity index (χ3v) is 7.13. The summed E-state index contributed by atoms with van der Waals surface area (Å²) in [6, 6.07) is 16.9. The van der Waals surface area contributed by atoms with Gasteiger partial charge in [-0.15, -0.1) is 23.1 Å². The van der Waals surface area contributed by atoms with Gasteiger partial charge in [0.15, 0.2) is 5.13 Å². The number of benzene rings is 2. The van der Waals surface area contributed by atoms with Crippen LogP contribution in [0.3, 0.4) is 0 Å². The fourth-order valence-electron chi connectivity index (χ4n) is 3.65. The van der Waals surface area contributed by atoms with Crippen LogP contribution in [-0.2, 0) is 14.4 Å². The number of aromatic nitrogens is 1. The van der Waals surface area contributed by atoms with Crippen LogP contribution in [0.4, 0.5) is 10.8 Å². The first-order valence-corrected chi connectivity index (χ1v) is 12.6. The Labute approximate surface area is 205 Å². The number of thioether (sulfide) groups is 1. The molecule has 2 atom stereocenters. The first-order valence-electron chi connectivity index (χ1n) is 10.7. The third kappa shape index (κ3) is 6.12. The lowest BCUT2D eigenvalue weighted by molar-refractivity contribution is -0.146. The molecule has 0 radical (unpaired) electrons. The van der Waals surface area contributed by atoms with Gasteiger partial charge in [-0.1, -0.05) is 48.6 Å². The highest BCUT2D eigenvalue weighted by atomic mass is 32.2. The first kappa shape index (κ1) is 23.7. The molecule has 0 saturated heterocycles. The number of allylic oxidation sites excluding steroid dienone is 2. The molecule has 7 nitrogen and oxygen atoms in total. The number of amides is 2. The van der Waals surface area contributed by atoms with E-state index in [9.17, 15) is 19.5 Å². The second-order valence-corrected chi connectivity index (χ2v) is 9.66.